The minimum Gasteiger partial charge on any atom is -0.372 e. The second-order valence-electron chi connectivity index (χ2n) is 3.95. The molecule has 0 aliphatic rings. The Morgan fingerprint density at radius 3 is 2.72 bits per heavy atom. The minimum absolute atomic E-state index is 0.0593. The Balaban J connectivity index is 2.29. The van der Waals surface area contributed by atoms with Gasteiger partial charge in [-0.25, -0.2) is 0 Å². The molecule has 0 atom stereocenters. The summed E-state index contributed by atoms with van der Waals surface area (Å²) in [5, 5.41) is 11.1. The Morgan fingerprint density at radius 2 is 2.11 bits per heavy atom. The lowest BCUT2D eigenvalue weighted by atomic mass is 10.2. The zero-order valence-electron chi connectivity index (χ0n) is 10.7. The summed E-state index contributed by atoms with van der Waals surface area (Å²) >= 11 is 0. The van der Waals surface area contributed by atoms with Crippen LogP contribution in [0.3, 0.4) is 0 Å². The summed E-state index contributed by atoms with van der Waals surface area (Å²) in [5.41, 5.74) is 1.20. The highest BCUT2D eigenvalue weighted by molar-refractivity contribution is 5.77. The van der Waals surface area contributed by atoms with Crippen molar-refractivity contribution >= 4 is 11.6 Å². The maximum atomic E-state index is 11.1. The summed E-state index contributed by atoms with van der Waals surface area (Å²) in [5.74, 6) is -0.194. The van der Waals surface area contributed by atoms with E-state index in [4.69, 9.17) is 5.26 Å². The van der Waals surface area contributed by atoms with Gasteiger partial charge in [-0.05, 0) is 25.5 Å². The normalized spacial score (nSPS) is 9.56. The molecule has 0 aliphatic heterocycles. The molecule has 1 N–H and O–H groups in total. The molecule has 0 spiro atoms. The molecule has 4 heteroatoms. The highest BCUT2D eigenvalue weighted by atomic mass is 16.1. The van der Waals surface area contributed by atoms with Crippen LogP contribution in [0.5, 0.6) is 0 Å². The number of amides is 1. The van der Waals surface area contributed by atoms with E-state index < -0.39 is 0 Å². The van der Waals surface area contributed by atoms with Gasteiger partial charge in [-0.1, -0.05) is 18.2 Å². The van der Waals surface area contributed by atoms with Gasteiger partial charge in [-0.2, -0.15) is 5.26 Å². The summed E-state index contributed by atoms with van der Waals surface area (Å²) < 4.78 is 0. The van der Waals surface area contributed by atoms with Crippen molar-refractivity contribution in [1.82, 2.24) is 5.32 Å². The molecule has 0 unspecified atom stereocenters. The average Bonchev–Trinajstić information content (AvgIpc) is 2.40. The third-order valence-corrected chi connectivity index (χ3v) is 2.67. The summed E-state index contributed by atoms with van der Waals surface area (Å²) in [6, 6.07) is 12.0. The van der Waals surface area contributed by atoms with Gasteiger partial charge in [0.2, 0.25) is 5.91 Å². The third-order valence-electron chi connectivity index (χ3n) is 2.67. The van der Waals surface area contributed by atoms with Crippen molar-refractivity contribution in [1.29, 1.82) is 5.26 Å². The molecule has 4 nitrogen and oxygen atoms in total. The van der Waals surface area contributed by atoms with Crippen molar-refractivity contribution in [3.63, 3.8) is 0 Å². The van der Waals surface area contributed by atoms with Crippen LogP contribution in [-0.2, 0) is 4.79 Å². The van der Waals surface area contributed by atoms with Gasteiger partial charge >= 0.3 is 0 Å². The van der Waals surface area contributed by atoms with Gasteiger partial charge in [0.1, 0.15) is 6.42 Å². The van der Waals surface area contributed by atoms with Gasteiger partial charge in [0.15, 0.2) is 0 Å². The van der Waals surface area contributed by atoms with Crippen LogP contribution in [0.15, 0.2) is 30.3 Å². The zero-order chi connectivity index (χ0) is 13.2. The van der Waals surface area contributed by atoms with Crippen LogP contribution in [0.2, 0.25) is 0 Å². The first-order chi connectivity index (χ1) is 8.77. The van der Waals surface area contributed by atoms with Crippen molar-refractivity contribution in [2.45, 2.75) is 19.8 Å². The molecule has 0 radical (unpaired) electrons. The van der Waals surface area contributed by atoms with E-state index in [0.717, 1.165) is 19.5 Å². The quantitative estimate of drug-likeness (QED) is 0.747. The van der Waals surface area contributed by atoms with E-state index in [1.807, 2.05) is 24.3 Å². The number of nitriles is 1. The van der Waals surface area contributed by atoms with E-state index >= 15 is 0 Å². The molecule has 0 aliphatic carbocycles. The van der Waals surface area contributed by atoms with Crippen molar-refractivity contribution in [2.24, 2.45) is 0 Å². The molecule has 1 aromatic rings. The van der Waals surface area contributed by atoms with Crippen molar-refractivity contribution < 1.29 is 4.79 Å². The van der Waals surface area contributed by atoms with Crippen LogP contribution in [0.1, 0.15) is 19.8 Å². The first kappa shape index (κ1) is 14.0. The lowest BCUT2D eigenvalue weighted by Gasteiger charge is -2.23. The Hall–Kier alpha value is -2.02. The molecular weight excluding hydrogens is 226 g/mol. The third kappa shape index (κ3) is 4.88. The van der Waals surface area contributed by atoms with Gasteiger partial charge in [0.05, 0.1) is 6.07 Å². The lowest BCUT2D eigenvalue weighted by molar-refractivity contribution is -0.120. The fraction of sp³-hybridized carbons (Fsp3) is 0.429. The average molecular weight is 245 g/mol. The zero-order valence-corrected chi connectivity index (χ0v) is 10.7. The van der Waals surface area contributed by atoms with Gasteiger partial charge < -0.3 is 10.2 Å². The molecule has 0 bridgehead atoms. The maximum Gasteiger partial charge on any atom is 0.234 e. The Kier molecular flexibility index (Phi) is 6.34. The highest BCUT2D eigenvalue weighted by Crippen LogP contribution is 2.12. The predicted molar refractivity (Wildman–Crippen MR) is 72.2 cm³/mol. The number of benzene rings is 1. The van der Waals surface area contributed by atoms with Gasteiger partial charge in [0.25, 0.3) is 0 Å². The Morgan fingerprint density at radius 1 is 1.39 bits per heavy atom. The van der Waals surface area contributed by atoms with Crippen LogP contribution in [0.25, 0.3) is 0 Å². The topological polar surface area (TPSA) is 56.1 Å². The van der Waals surface area contributed by atoms with Gasteiger partial charge in [-0.15, -0.1) is 0 Å². The standard InChI is InChI=1S/C14H19N3O/c1-2-17(13-7-4-3-5-8-13)12-6-11-16-14(18)9-10-15/h3-5,7-8H,2,6,9,11-12H2,1H3,(H,16,18). The number of nitrogens with one attached hydrogen (secondary N) is 1. The number of hydrogen-bond donors (Lipinski definition) is 1. The SMILES string of the molecule is CCN(CCCNC(=O)CC#N)c1ccccc1. The van der Waals surface area contributed by atoms with E-state index in [1.54, 1.807) is 0 Å². The van der Waals surface area contributed by atoms with Crippen molar-refractivity contribution in [3.05, 3.63) is 30.3 Å². The second-order valence-corrected chi connectivity index (χ2v) is 3.95. The number of hydrogen-bond acceptors (Lipinski definition) is 3. The molecule has 1 aromatic carbocycles. The molecule has 1 amide bonds. The van der Waals surface area contributed by atoms with E-state index in [2.05, 4.69) is 29.3 Å². The lowest BCUT2D eigenvalue weighted by Crippen LogP contribution is -2.29. The second kappa shape index (κ2) is 8.13. The Bertz CT molecular complexity index is 397. The van der Waals surface area contributed by atoms with Crippen LogP contribution in [-0.4, -0.2) is 25.5 Å². The van der Waals surface area contributed by atoms with E-state index in [9.17, 15) is 4.79 Å². The summed E-state index contributed by atoms with van der Waals surface area (Å²) in [6.45, 7) is 4.56. The fourth-order valence-electron chi connectivity index (χ4n) is 1.74. The van der Waals surface area contributed by atoms with Crippen molar-refractivity contribution in [2.75, 3.05) is 24.5 Å². The minimum atomic E-state index is -0.194. The van der Waals surface area contributed by atoms with E-state index in [1.165, 1.54) is 5.69 Å². The Labute approximate surface area is 108 Å². The number of anilines is 1. The van der Waals surface area contributed by atoms with Gasteiger partial charge in [-0.3, -0.25) is 4.79 Å². The molecular formula is C14H19N3O. The van der Waals surface area contributed by atoms with Crippen LogP contribution >= 0.6 is 0 Å². The van der Waals surface area contributed by atoms with Crippen LogP contribution in [0.4, 0.5) is 5.69 Å². The van der Waals surface area contributed by atoms with Crippen LogP contribution in [0, 0.1) is 11.3 Å². The fourth-order valence-corrected chi connectivity index (χ4v) is 1.74. The molecule has 0 saturated carbocycles. The molecule has 0 aromatic heterocycles. The number of para-hydroxylation sites is 1. The van der Waals surface area contributed by atoms with Crippen molar-refractivity contribution in [3.8, 4) is 6.07 Å². The number of rotatable bonds is 7. The summed E-state index contributed by atoms with van der Waals surface area (Å²) in [4.78, 5) is 13.3. The molecule has 96 valence electrons. The number of nitrogens with zero attached hydrogens (tertiary/aromatic N) is 2. The number of carbonyl (C=O) groups excluding carboxylic acids is 1. The van der Waals surface area contributed by atoms with E-state index in [0.29, 0.717) is 6.54 Å². The maximum absolute atomic E-state index is 11.1. The molecule has 0 fully saturated rings. The molecule has 0 saturated heterocycles. The largest absolute Gasteiger partial charge is 0.372 e. The van der Waals surface area contributed by atoms with Crippen LogP contribution < -0.4 is 10.2 Å². The molecule has 18 heavy (non-hydrogen) atoms. The van der Waals surface area contributed by atoms with Gasteiger partial charge in [0, 0.05) is 25.3 Å². The first-order valence-electron chi connectivity index (χ1n) is 6.21. The predicted octanol–water partition coefficient (Wildman–Crippen LogP) is 1.93. The molecule has 0 heterocycles. The summed E-state index contributed by atoms with van der Waals surface area (Å²) in [6.07, 6.45) is 0.816. The highest BCUT2D eigenvalue weighted by Gasteiger charge is 2.03. The first-order valence-corrected chi connectivity index (χ1v) is 6.21. The monoisotopic (exact) mass is 245 g/mol. The molecule has 1 rings (SSSR count). The smallest absolute Gasteiger partial charge is 0.234 e. The summed E-state index contributed by atoms with van der Waals surface area (Å²) in [7, 11) is 0. The number of carbonyl (C=O) groups is 1. The van der Waals surface area contributed by atoms with E-state index in [-0.39, 0.29) is 12.3 Å².